The molecular weight excluding hydrogens is 366 g/mol. The number of anilines is 1. The third-order valence-corrected chi connectivity index (χ3v) is 4.88. The third kappa shape index (κ3) is 4.03. The monoisotopic (exact) mass is 387 g/mol. The molecule has 1 aliphatic carbocycles. The van der Waals surface area contributed by atoms with Gasteiger partial charge in [0.05, 0.1) is 0 Å². The molecule has 1 aromatic rings. The quantitative estimate of drug-likeness (QED) is 0.430. The fraction of sp³-hybridized carbons (Fsp3) is 0.421. The minimum atomic E-state index is -0.886. The van der Waals surface area contributed by atoms with Crippen LogP contribution in [0.15, 0.2) is 24.3 Å². The number of hydrogen-bond acceptors (Lipinski definition) is 6. The average Bonchev–Trinajstić information content (AvgIpc) is 3.21. The summed E-state index contributed by atoms with van der Waals surface area (Å²) in [6.45, 7) is 0.340. The molecule has 4 amide bonds. The summed E-state index contributed by atoms with van der Waals surface area (Å²) in [6.07, 6.45) is 2.82. The molecule has 1 saturated heterocycles. The average molecular weight is 387 g/mol. The first kappa shape index (κ1) is 19.5. The zero-order valence-electron chi connectivity index (χ0n) is 15.4. The molecule has 0 bridgehead atoms. The highest BCUT2D eigenvalue weighted by Gasteiger charge is 2.52. The van der Waals surface area contributed by atoms with Crippen LogP contribution >= 0.6 is 0 Å². The Bertz CT molecular complexity index is 827. The van der Waals surface area contributed by atoms with Crippen molar-refractivity contribution in [2.75, 3.05) is 18.5 Å². The Hall–Kier alpha value is -3.23. The lowest BCUT2D eigenvalue weighted by molar-refractivity contribution is -0.146. The van der Waals surface area contributed by atoms with E-state index in [1.807, 2.05) is 0 Å². The number of rotatable bonds is 6. The van der Waals surface area contributed by atoms with Crippen molar-refractivity contribution in [2.24, 2.45) is 0 Å². The number of nitrogens with zero attached hydrogens (tertiary/aromatic N) is 1. The van der Waals surface area contributed by atoms with Crippen molar-refractivity contribution in [1.82, 2.24) is 10.2 Å². The fourth-order valence-corrected chi connectivity index (χ4v) is 3.48. The van der Waals surface area contributed by atoms with Crippen molar-refractivity contribution in [1.29, 1.82) is 0 Å². The van der Waals surface area contributed by atoms with Gasteiger partial charge in [0.15, 0.2) is 12.4 Å². The van der Waals surface area contributed by atoms with Crippen molar-refractivity contribution in [3.8, 4) is 0 Å². The molecule has 2 N–H and O–H groups in total. The van der Waals surface area contributed by atoms with Crippen molar-refractivity contribution in [3.63, 3.8) is 0 Å². The van der Waals surface area contributed by atoms with Gasteiger partial charge in [0, 0.05) is 18.2 Å². The number of imide groups is 1. The molecule has 28 heavy (non-hydrogen) atoms. The molecular formula is C19H21N3O6. The molecule has 148 valence electrons. The second-order valence-corrected chi connectivity index (χ2v) is 6.95. The zero-order valence-corrected chi connectivity index (χ0v) is 15.4. The highest BCUT2D eigenvalue weighted by molar-refractivity contribution is 6.09. The van der Waals surface area contributed by atoms with Crippen LogP contribution in [-0.4, -0.2) is 53.2 Å². The summed E-state index contributed by atoms with van der Waals surface area (Å²) in [5, 5.41) is 5.26. The van der Waals surface area contributed by atoms with Gasteiger partial charge >= 0.3 is 12.0 Å². The van der Waals surface area contributed by atoms with Gasteiger partial charge in [0.2, 0.25) is 5.91 Å². The van der Waals surface area contributed by atoms with Gasteiger partial charge in [0.1, 0.15) is 12.1 Å². The summed E-state index contributed by atoms with van der Waals surface area (Å²) in [5.74, 6) is -1.91. The molecule has 1 heterocycles. The van der Waals surface area contributed by atoms with E-state index in [9.17, 15) is 24.0 Å². The second-order valence-electron chi connectivity index (χ2n) is 6.95. The molecule has 2 aliphatic rings. The number of ether oxygens (including phenoxy) is 1. The fourth-order valence-electron chi connectivity index (χ4n) is 3.48. The van der Waals surface area contributed by atoms with Gasteiger partial charge in [-0.05, 0) is 37.1 Å². The Labute approximate surface area is 161 Å². The Morgan fingerprint density at radius 1 is 1.14 bits per heavy atom. The highest BCUT2D eigenvalue weighted by atomic mass is 16.5. The van der Waals surface area contributed by atoms with Crippen LogP contribution in [0.4, 0.5) is 10.5 Å². The van der Waals surface area contributed by atoms with E-state index in [-0.39, 0.29) is 5.91 Å². The van der Waals surface area contributed by atoms with E-state index in [0.29, 0.717) is 24.1 Å². The summed E-state index contributed by atoms with van der Waals surface area (Å²) in [6, 6.07) is 5.52. The van der Waals surface area contributed by atoms with E-state index < -0.39 is 42.4 Å². The van der Waals surface area contributed by atoms with Crippen LogP contribution in [0, 0.1) is 0 Å². The van der Waals surface area contributed by atoms with Crippen LogP contribution in [0.1, 0.15) is 43.0 Å². The van der Waals surface area contributed by atoms with Gasteiger partial charge in [-0.1, -0.05) is 12.8 Å². The minimum absolute atomic E-state index is 0.229. The number of esters is 1. The van der Waals surface area contributed by atoms with E-state index >= 15 is 0 Å². The molecule has 0 aromatic heterocycles. The molecule has 3 rings (SSSR count). The maximum atomic E-state index is 12.5. The van der Waals surface area contributed by atoms with Crippen LogP contribution in [0.5, 0.6) is 0 Å². The number of carbonyl (C=O) groups excluding carboxylic acids is 5. The largest absolute Gasteiger partial charge is 0.456 e. The van der Waals surface area contributed by atoms with Crippen LogP contribution in [0.3, 0.4) is 0 Å². The smallest absolute Gasteiger partial charge is 0.326 e. The van der Waals surface area contributed by atoms with Gasteiger partial charge in [-0.2, -0.15) is 0 Å². The summed E-state index contributed by atoms with van der Waals surface area (Å²) in [5.41, 5.74) is -0.0368. The molecule has 9 nitrogen and oxygen atoms in total. The van der Waals surface area contributed by atoms with E-state index in [2.05, 4.69) is 10.6 Å². The Morgan fingerprint density at radius 2 is 1.79 bits per heavy atom. The SMILES string of the molecule is CC(=O)Nc1ccc(C(=O)COC(=O)CN2C(=O)NC3(CCCC3)C2=O)cc1. The van der Waals surface area contributed by atoms with E-state index in [0.717, 1.165) is 17.7 Å². The normalized spacial score (nSPS) is 17.5. The van der Waals surface area contributed by atoms with Gasteiger partial charge < -0.3 is 15.4 Å². The molecule has 1 aliphatic heterocycles. The molecule has 1 spiro atoms. The molecule has 1 aromatic carbocycles. The maximum Gasteiger partial charge on any atom is 0.326 e. The number of amides is 4. The summed E-state index contributed by atoms with van der Waals surface area (Å²) < 4.78 is 4.93. The lowest BCUT2D eigenvalue weighted by atomic mass is 9.98. The standard InChI is InChI=1S/C19H21N3O6/c1-12(23)20-14-6-4-13(5-7-14)15(24)11-28-16(25)10-22-17(26)19(21-18(22)27)8-2-3-9-19/h4-7H,2-3,8-11H2,1H3,(H,20,23)(H,21,27). The lowest BCUT2D eigenvalue weighted by Gasteiger charge is -2.19. The lowest BCUT2D eigenvalue weighted by Crippen LogP contribution is -2.44. The second kappa shape index (κ2) is 7.79. The predicted octanol–water partition coefficient (Wildman–Crippen LogP) is 1.24. The number of benzene rings is 1. The first-order valence-corrected chi connectivity index (χ1v) is 9.01. The third-order valence-electron chi connectivity index (χ3n) is 4.88. The van der Waals surface area contributed by atoms with Gasteiger partial charge in [0.25, 0.3) is 5.91 Å². The highest BCUT2D eigenvalue weighted by Crippen LogP contribution is 2.34. The van der Waals surface area contributed by atoms with Crippen molar-refractivity contribution in [3.05, 3.63) is 29.8 Å². The van der Waals surface area contributed by atoms with Gasteiger partial charge in [-0.25, -0.2) is 4.79 Å². The maximum absolute atomic E-state index is 12.5. The van der Waals surface area contributed by atoms with Crippen molar-refractivity contribution < 1.29 is 28.7 Å². The molecule has 1 saturated carbocycles. The first-order valence-electron chi connectivity index (χ1n) is 9.01. The van der Waals surface area contributed by atoms with Crippen LogP contribution in [-0.2, 0) is 19.1 Å². The predicted molar refractivity (Wildman–Crippen MR) is 97.5 cm³/mol. The summed E-state index contributed by atoms with van der Waals surface area (Å²) >= 11 is 0. The first-order chi connectivity index (χ1) is 13.3. The van der Waals surface area contributed by atoms with E-state index in [4.69, 9.17) is 4.74 Å². The number of carbonyl (C=O) groups is 5. The minimum Gasteiger partial charge on any atom is -0.456 e. The topological polar surface area (TPSA) is 122 Å². The van der Waals surface area contributed by atoms with Crippen molar-refractivity contribution in [2.45, 2.75) is 38.1 Å². The number of urea groups is 1. The van der Waals surface area contributed by atoms with Crippen LogP contribution in [0.2, 0.25) is 0 Å². The Morgan fingerprint density at radius 3 is 2.39 bits per heavy atom. The molecule has 0 unspecified atom stereocenters. The van der Waals surface area contributed by atoms with Gasteiger partial charge in [-0.15, -0.1) is 0 Å². The molecule has 9 heteroatoms. The van der Waals surface area contributed by atoms with Crippen LogP contribution in [0.25, 0.3) is 0 Å². The number of Topliss-reactive ketones (excluding diaryl/α,β-unsaturated/α-hetero) is 1. The summed E-state index contributed by atoms with van der Waals surface area (Å²) in [4.78, 5) is 60.5. The number of ketones is 1. The van der Waals surface area contributed by atoms with Crippen LogP contribution < -0.4 is 10.6 Å². The molecule has 0 atom stereocenters. The Kier molecular flexibility index (Phi) is 5.43. The number of hydrogen-bond donors (Lipinski definition) is 2. The Balaban J connectivity index is 1.51. The molecule has 0 radical (unpaired) electrons. The molecule has 2 fully saturated rings. The number of nitrogens with one attached hydrogen (secondary N) is 2. The van der Waals surface area contributed by atoms with Gasteiger partial charge in [-0.3, -0.25) is 24.1 Å². The van der Waals surface area contributed by atoms with E-state index in [1.54, 1.807) is 12.1 Å². The summed E-state index contributed by atoms with van der Waals surface area (Å²) in [7, 11) is 0. The van der Waals surface area contributed by atoms with E-state index in [1.165, 1.54) is 19.1 Å². The van der Waals surface area contributed by atoms with Crippen molar-refractivity contribution >= 4 is 35.3 Å². The zero-order chi connectivity index (χ0) is 20.3.